The lowest BCUT2D eigenvalue weighted by Crippen LogP contribution is -2.30. The average molecular weight is 1030 g/mol. The fourth-order valence-corrected chi connectivity index (χ4v) is 8.39. The van der Waals surface area contributed by atoms with Crippen LogP contribution in [0, 0.1) is 0 Å². The maximum Gasteiger partial charge on any atom is 0.306 e. The van der Waals surface area contributed by atoms with Crippen LogP contribution < -0.4 is 0 Å². The molecule has 1 atom stereocenters. The van der Waals surface area contributed by atoms with Crippen LogP contribution in [0.25, 0.3) is 0 Å². The summed E-state index contributed by atoms with van der Waals surface area (Å²) in [4.78, 5) is 38.2. The molecule has 6 heteroatoms. The van der Waals surface area contributed by atoms with Gasteiger partial charge in [0.2, 0.25) is 0 Å². The summed E-state index contributed by atoms with van der Waals surface area (Å²) in [5.41, 5.74) is 0. The van der Waals surface area contributed by atoms with Crippen LogP contribution in [0.2, 0.25) is 0 Å². The molecule has 0 aromatic heterocycles. The molecule has 0 radical (unpaired) electrons. The Morgan fingerprint density at radius 3 is 0.851 bits per heavy atom. The smallest absolute Gasteiger partial charge is 0.306 e. The van der Waals surface area contributed by atoms with Crippen molar-refractivity contribution in [2.24, 2.45) is 0 Å². The minimum absolute atomic E-state index is 0.0858. The van der Waals surface area contributed by atoms with Crippen molar-refractivity contribution in [1.29, 1.82) is 0 Å². The van der Waals surface area contributed by atoms with Crippen LogP contribution in [0.4, 0.5) is 0 Å². The van der Waals surface area contributed by atoms with Gasteiger partial charge >= 0.3 is 17.9 Å². The number of allylic oxidation sites excluding steroid dienone is 18. The maximum absolute atomic E-state index is 12.9. The summed E-state index contributed by atoms with van der Waals surface area (Å²) in [6.45, 7) is 6.49. The minimum atomic E-state index is -0.790. The molecule has 0 N–H and O–H groups in total. The van der Waals surface area contributed by atoms with Crippen molar-refractivity contribution in [2.45, 2.75) is 290 Å². The third-order valence-electron chi connectivity index (χ3n) is 13.0. The summed E-state index contributed by atoms with van der Waals surface area (Å²) in [6.07, 6.45) is 83.7. The molecule has 74 heavy (non-hydrogen) atoms. The molecule has 0 heterocycles. The third kappa shape index (κ3) is 59.0. The molecule has 0 bridgehead atoms. The second-order valence-electron chi connectivity index (χ2n) is 20.2. The number of hydrogen-bond donors (Lipinski definition) is 0. The largest absolute Gasteiger partial charge is 0.462 e. The second-order valence-corrected chi connectivity index (χ2v) is 20.2. The van der Waals surface area contributed by atoms with Gasteiger partial charge in [0.25, 0.3) is 0 Å². The van der Waals surface area contributed by atoms with Crippen LogP contribution in [0.5, 0.6) is 0 Å². The monoisotopic (exact) mass is 1030 g/mol. The van der Waals surface area contributed by atoms with E-state index in [0.717, 1.165) is 135 Å². The van der Waals surface area contributed by atoms with Crippen LogP contribution in [-0.4, -0.2) is 37.2 Å². The third-order valence-corrected chi connectivity index (χ3v) is 13.0. The number of rotatable bonds is 55. The molecule has 0 aliphatic carbocycles. The van der Waals surface area contributed by atoms with E-state index in [0.29, 0.717) is 19.3 Å². The van der Waals surface area contributed by atoms with E-state index < -0.39 is 6.10 Å². The SMILES string of the molecule is CC/C=C\C/C=C\C/C=C\C/C=C\C/C=C\C/C=C\C/C=C\CCCCCCCCCC(=O)OCC(COC(=O)CCCCCCCCCCCCCC)OC(=O)CCCCCCC/C=C\C/C=C\CCCCC. The van der Waals surface area contributed by atoms with E-state index in [1.165, 1.54) is 109 Å². The molecule has 0 aromatic carbocycles. The Kier molecular flexibility index (Phi) is 58.3. The van der Waals surface area contributed by atoms with Crippen molar-refractivity contribution in [1.82, 2.24) is 0 Å². The van der Waals surface area contributed by atoms with Gasteiger partial charge in [0.15, 0.2) is 6.10 Å². The zero-order chi connectivity index (χ0) is 53.6. The highest BCUT2D eigenvalue weighted by Crippen LogP contribution is 2.15. The van der Waals surface area contributed by atoms with Crippen LogP contribution in [0.15, 0.2) is 109 Å². The number of hydrogen-bond acceptors (Lipinski definition) is 6. The number of unbranched alkanes of at least 4 members (excludes halogenated alkanes) is 26. The molecular weight excluding hydrogens is 913 g/mol. The van der Waals surface area contributed by atoms with Crippen molar-refractivity contribution in [3.63, 3.8) is 0 Å². The average Bonchev–Trinajstić information content (AvgIpc) is 3.40. The lowest BCUT2D eigenvalue weighted by Gasteiger charge is -2.18. The molecule has 0 saturated heterocycles. The number of ether oxygens (including phenoxy) is 3. The fraction of sp³-hybridized carbons (Fsp3) is 0.691. The van der Waals surface area contributed by atoms with E-state index in [4.69, 9.17) is 14.2 Å². The Morgan fingerprint density at radius 2 is 0.527 bits per heavy atom. The fourth-order valence-electron chi connectivity index (χ4n) is 8.39. The van der Waals surface area contributed by atoms with E-state index in [-0.39, 0.29) is 31.1 Å². The lowest BCUT2D eigenvalue weighted by atomic mass is 10.0. The Morgan fingerprint density at radius 1 is 0.284 bits per heavy atom. The second kappa shape index (κ2) is 61.6. The molecule has 6 nitrogen and oxygen atoms in total. The first-order valence-corrected chi connectivity index (χ1v) is 30.9. The predicted molar refractivity (Wildman–Crippen MR) is 320 cm³/mol. The number of carbonyl (C=O) groups is 3. The number of esters is 3. The molecular formula is C68H114O6. The lowest BCUT2D eigenvalue weighted by molar-refractivity contribution is -0.167. The van der Waals surface area contributed by atoms with Gasteiger partial charge in [-0.2, -0.15) is 0 Å². The Labute approximate surface area is 457 Å². The van der Waals surface area contributed by atoms with E-state index in [1.54, 1.807) is 0 Å². The predicted octanol–water partition coefficient (Wildman–Crippen LogP) is 21.0. The first-order valence-electron chi connectivity index (χ1n) is 30.9. The molecule has 0 aromatic rings. The van der Waals surface area contributed by atoms with Gasteiger partial charge in [0.1, 0.15) is 13.2 Å². The van der Waals surface area contributed by atoms with Crippen molar-refractivity contribution < 1.29 is 28.6 Å². The molecule has 422 valence electrons. The summed E-state index contributed by atoms with van der Waals surface area (Å²) in [5.74, 6) is -0.907. The van der Waals surface area contributed by atoms with Crippen LogP contribution in [-0.2, 0) is 28.6 Å². The Balaban J connectivity index is 4.31. The number of carbonyl (C=O) groups excluding carboxylic acids is 3. The van der Waals surface area contributed by atoms with Gasteiger partial charge in [-0.15, -0.1) is 0 Å². The van der Waals surface area contributed by atoms with Crippen LogP contribution in [0.1, 0.15) is 284 Å². The Hall–Kier alpha value is -3.93. The zero-order valence-corrected chi connectivity index (χ0v) is 48.3. The quantitative estimate of drug-likeness (QED) is 0.0261. The first-order chi connectivity index (χ1) is 36.5. The van der Waals surface area contributed by atoms with E-state index >= 15 is 0 Å². The summed E-state index contributed by atoms with van der Waals surface area (Å²) in [5, 5.41) is 0. The summed E-state index contributed by atoms with van der Waals surface area (Å²) < 4.78 is 16.9. The van der Waals surface area contributed by atoms with Gasteiger partial charge < -0.3 is 14.2 Å². The molecule has 0 saturated carbocycles. The van der Waals surface area contributed by atoms with Crippen molar-refractivity contribution in [2.75, 3.05) is 13.2 Å². The van der Waals surface area contributed by atoms with Gasteiger partial charge in [0, 0.05) is 19.3 Å². The topological polar surface area (TPSA) is 78.9 Å². The van der Waals surface area contributed by atoms with Crippen molar-refractivity contribution in [3.8, 4) is 0 Å². The molecule has 0 aliphatic rings. The molecule has 0 rings (SSSR count). The molecule has 0 amide bonds. The minimum Gasteiger partial charge on any atom is -0.462 e. The maximum atomic E-state index is 12.9. The van der Waals surface area contributed by atoms with Gasteiger partial charge in [-0.25, -0.2) is 0 Å². The normalized spacial score (nSPS) is 12.9. The van der Waals surface area contributed by atoms with E-state index in [2.05, 4.69) is 130 Å². The van der Waals surface area contributed by atoms with E-state index in [1.807, 2.05) is 0 Å². The molecule has 1 unspecified atom stereocenters. The Bertz CT molecular complexity index is 1510. The summed E-state index contributed by atoms with van der Waals surface area (Å²) >= 11 is 0. The standard InChI is InChI=1S/C68H114O6/c1-4-7-10-13-16-19-22-25-27-28-29-30-31-32-33-34-35-36-37-38-39-40-42-43-46-49-52-55-58-61-67(70)73-64-65(63-72-66(69)60-57-54-51-48-45-24-21-18-15-12-9-6-3)74-68(71)62-59-56-53-50-47-44-41-26-23-20-17-14-11-8-5-2/h7,10,16-17,19-20,25-27,29-30,32-33,35-36,38-39,41,65H,4-6,8-9,11-15,18,21-24,28,31,34,37,40,42-64H2,1-3H3/b10-7-,19-16-,20-17-,27-25-,30-29-,33-32-,36-35-,39-38-,41-26-. The first kappa shape index (κ1) is 70.1. The molecule has 0 aliphatic heterocycles. The van der Waals surface area contributed by atoms with Crippen molar-refractivity contribution in [3.05, 3.63) is 109 Å². The van der Waals surface area contributed by atoms with E-state index in [9.17, 15) is 14.4 Å². The van der Waals surface area contributed by atoms with Gasteiger partial charge in [-0.05, 0) is 109 Å². The van der Waals surface area contributed by atoms with Crippen LogP contribution in [0.3, 0.4) is 0 Å². The highest BCUT2D eigenvalue weighted by molar-refractivity contribution is 5.71. The highest BCUT2D eigenvalue weighted by atomic mass is 16.6. The zero-order valence-electron chi connectivity index (χ0n) is 48.3. The molecule has 0 spiro atoms. The summed E-state index contributed by atoms with van der Waals surface area (Å²) in [7, 11) is 0. The highest BCUT2D eigenvalue weighted by Gasteiger charge is 2.19. The van der Waals surface area contributed by atoms with Crippen molar-refractivity contribution >= 4 is 17.9 Å². The van der Waals surface area contributed by atoms with Crippen LogP contribution >= 0.6 is 0 Å². The van der Waals surface area contributed by atoms with Gasteiger partial charge in [-0.3, -0.25) is 14.4 Å². The van der Waals surface area contributed by atoms with Gasteiger partial charge in [0.05, 0.1) is 0 Å². The van der Waals surface area contributed by atoms with Gasteiger partial charge in [-0.1, -0.05) is 265 Å². The summed E-state index contributed by atoms with van der Waals surface area (Å²) in [6, 6.07) is 0. The molecule has 0 fully saturated rings.